The molecule has 1 aromatic rings. The summed E-state index contributed by atoms with van der Waals surface area (Å²) < 4.78 is 19.1. The molecule has 1 saturated heterocycles. The maximum Gasteiger partial charge on any atom is 0.165 e. The van der Waals surface area contributed by atoms with Crippen molar-refractivity contribution in [3.05, 3.63) is 35.1 Å². The summed E-state index contributed by atoms with van der Waals surface area (Å²) in [5.41, 5.74) is 0.732. The van der Waals surface area contributed by atoms with E-state index < -0.39 is 0 Å². The lowest BCUT2D eigenvalue weighted by Gasteiger charge is -2.09. The monoisotopic (exact) mass is 236 g/mol. The maximum atomic E-state index is 13.7. The Hall–Kier alpha value is -1.22. The fourth-order valence-corrected chi connectivity index (χ4v) is 2.16. The molecule has 1 heterocycles. The van der Waals surface area contributed by atoms with Crippen LogP contribution in [0.2, 0.25) is 0 Å². The van der Waals surface area contributed by atoms with E-state index in [4.69, 9.17) is 4.74 Å². The molecule has 92 valence electrons. The highest BCUT2D eigenvalue weighted by molar-refractivity contribution is 5.96. The highest BCUT2D eigenvalue weighted by Gasteiger charge is 2.19. The number of carbonyl (C=O) groups is 1. The lowest BCUT2D eigenvalue weighted by molar-refractivity contribution is 0.0856. The Labute approximate surface area is 101 Å². The van der Waals surface area contributed by atoms with Gasteiger partial charge in [0.2, 0.25) is 0 Å². The molecule has 1 atom stereocenters. The molecule has 2 nitrogen and oxygen atoms in total. The van der Waals surface area contributed by atoms with Crippen molar-refractivity contribution in [2.24, 2.45) is 0 Å². The van der Waals surface area contributed by atoms with Crippen molar-refractivity contribution >= 4 is 5.78 Å². The molecule has 1 aromatic carbocycles. The summed E-state index contributed by atoms with van der Waals surface area (Å²) in [4.78, 5) is 11.9. The van der Waals surface area contributed by atoms with E-state index in [1.54, 1.807) is 25.1 Å². The van der Waals surface area contributed by atoms with Crippen molar-refractivity contribution in [3.8, 4) is 0 Å². The molecule has 2 rings (SSSR count). The lowest BCUT2D eigenvalue weighted by Crippen LogP contribution is -2.10. The zero-order chi connectivity index (χ0) is 12.3. The predicted octanol–water partition coefficient (Wildman–Crippen LogP) is 3.28. The van der Waals surface area contributed by atoms with Gasteiger partial charge in [0.05, 0.1) is 11.7 Å². The maximum absolute atomic E-state index is 13.7. The van der Waals surface area contributed by atoms with Crippen LogP contribution < -0.4 is 0 Å². The van der Waals surface area contributed by atoms with Crippen LogP contribution in [0.1, 0.15) is 41.6 Å². The van der Waals surface area contributed by atoms with Gasteiger partial charge in [0.1, 0.15) is 5.82 Å². The quantitative estimate of drug-likeness (QED) is 0.750. The normalized spacial score (nSPS) is 19.5. The van der Waals surface area contributed by atoms with Gasteiger partial charge in [-0.3, -0.25) is 4.79 Å². The third kappa shape index (κ3) is 2.91. The third-order valence-electron chi connectivity index (χ3n) is 3.21. The first kappa shape index (κ1) is 12.2. The first-order chi connectivity index (χ1) is 8.18. The minimum atomic E-state index is -0.384. The van der Waals surface area contributed by atoms with Crippen LogP contribution in [-0.4, -0.2) is 18.5 Å². The number of ketones is 1. The van der Waals surface area contributed by atoms with Crippen LogP contribution in [0.3, 0.4) is 0 Å². The van der Waals surface area contributed by atoms with Gasteiger partial charge in [-0.1, -0.05) is 12.1 Å². The van der Waals surface area contributed by atoms with Crippen LogP contribution >= 0.6 is 0 Å². The number of hydrogen-bond donors (Lipinski definition) is 0. The zero-order valence-electron chi connectivity index (χ0n) is 10.0. The summed E-state index contributed by atoms with van der Waals surface area (Å²) in [6, 6.07) is 4.95. The number of Topliss-reactive ketones (excluding diaryl/α,β-unsaturated/α-hetero) is 1. The van der Waals surface area contributed by atoms with Crippen LogP contribution in [-0.2, 0) is 4.74 Å². The van der Waals surface area contributed by atoms with E-state index in [0.29, 0.717) is 18.4 Å². The van der Waals surface area contributed by atoms with E-state index in [-0.39, 0.29) is 23.3 Å². The summed E-state index contributed by atoms with van der Waals surface area (Å²) in [6.07, 6.45) is 3.34. The number of carbonyl (C=O) groups excluding carboxylic acids is 1. The summed E-state index contributed by atoms with van der Waals surface area (Å²) in [6.45, 7) is 2.46. The number of halogens is 1. The average Bonchev–Trinajstić information content (AvgIpc) is 2.82. The molecule has 0 amide bonds. The third-order valence-corrected chi connectivity index (χ3v) is 3.21. The van der Waals surface area contributed by atoms with Gasteiger partial charge in [-0.15, -0.1) is 0 Å². The van der Waals surface area contributed by atoms with E-state index in [9.17, 15) is 9.18 Å². The average molecular weight is 236 g/mol. The molecule has 3 heteroatoms. The summed E-state index contributed by atoms with van der Waals surface area (Å²) in [5.74, 6) is -0.508. The molecule has 17 heavy (non-hydrogen) atoms. The second-order valence-electron chi connectivity index (χ2n) is 4.53. The van der Waals surface area contributed by atoms with Gasteiger partial charge >= 0.3 is 0 Å². The van der Waals surface area contributed by atoms with Crippen LogP contribution in [0.25, 0.3) is 0 Å². The van der Waals surface area contributed by atoms with E-state index in [1.165, 1.54) is 0 Å². The lowest BCUT2D eigenvalue weighted by atomic mass is 10.0. The van der Waals surface area contributed by atoms with Crippen LogP contribution in [0.15, 0.2) is 18.2 Å². The Kier molecular flexibility index (Phi) is 3.89. The Morgan fingerprint density at radius 1 is 1.53 bits per heavy atom. The standard InChI is InChI=1S/C14H17FO2/c1-10-4-2-6-12(14(10)15)13(16)8-7-11-5-3-9-17-11/h2,4,6,11H,3,5,7-9H2,1H3. The Morgan fingerprint density at radius 2 is 2.35 bits per heavy atom. The van der Waals surface area contributed by atoms with E-state index in [0.717, 1.165) is 19.4 Å². The van der Waals surface area contributed by atoms with Gasteiger partial charge in [0.25, 0.3) is 0 Å². The molecule has 1 fully saturated rings. The summed E-state index contributed by atoms with van der Waals surface area (Å²) >= 11 is 0. The van der Waals surface area contributed by atoms with Crippen molar-refractivity contribution in [2.45, 2.75) is 38.7 Å². The molecule has 0 radical (unpaired) electrons. The predicted molar refractivity (Wildman–Crippen MR) is 63.7 cm³/mol. The first-order valence-electron chi connectivity index (χ1n) is 6.08. The number of aryl methyl sites for hydroxylation is 1. The minimum absolute atomic E-state index is 0.123. The van der Waals surface area contributed by atoms with Crippen molar-refractivity contribution in [1.29, 1.82) is 0 Å². The smallest absolute Gasteiger partial charge is 0.165 e. The van der Waals surface area contributed by atoms with Gasteiger partial charge < -0.3 is 4.74 Å². The molecule has 0 saturated carbocycles. The van der Waals surface area contributed by atoms with Crippen LogP contribution in [0.4, 0.5) is 4.39 Å². The molecule has 1 unspecified atom stereocenters. The molecule has 0 aliphatic carbocycles. The van der Waals surface area contributed by atoms with Gasteiger partial charge in [-0.25, -0.2) is 4.39 Å². The topological polar surface area (TPSA) is 26.3 Å². The zero-order valence-corrected chi connectivity index (χ0v) is 10.0. The van der Waals surface area contributed by atoms with Crippen molar-refractivity contribution in [2.75, 3.05) is 6.61 Å². The Bertz CT molecular complexity index is 409. The Morgan fingerprint density at radius 3 is 3.06 bits per heavy atom. The van der Waals surface area contributed by atoms with E-state index >= 15 is 0 Å². The number of hydrogen-bond acceptors (Lipinski definition) is 2. The molecule has 1 aliphatic rings. The highest BCUT2D eigenvalue weighted by Crippen LogP contribution is 2.20. The van der Waals surface area contributed by atoms with Crippen molar-refractivity contribution in [3.63, 3.8) is 0 Å². The molecule has 1 aliphatic heterocycles. The van der Waals surface area contributed by atoms with Gasteiger partial charge in [-0.2, -0.15) is 0 Å². The van der Waals surface area contributed by atoms with Gasteiger partial charge in [-0.05, 0) is 37.8 Å². The fraction of sp³-hybridized carbons (Fsp3) is 0.500. The first-order valence-corrected chi connectivity index (χ1v) is 6.08. The second-order valence-corrected chi connectivity index (χ2v) is 4.53. The Balaban J connectivity index is 1.97. The fourth-order valence-electron chi connectivity index (χ4n) is 2.16. The molecule has 0 N–H and O–H groups in total. The summed E-state index contributed by atoms with van der Waals surface area (Å²) in [7, 11) is 0. The highest BCUT2D eigenvalue weighted by atomic mass is 19.1. The number of rotatable bonds is 4. The van der Waals surface area contributed by atoms with Crippen LogP contribution in [0.5, 0.6) is 0 Å². The molecular weight excluding hydrogens is 219 g/mol. The molecule has 0 spiro atoms. The molecule has 0 bridgehead atoms. The SMILES string of the molecule is Cc1cccc(C(=O)CCC2CCCO2)c1F. The molecule has 0 aromatic heterocycles. The van der Waals surface area contributed by atoms with Gasteiger partial charge in [0.15, 0.2) is 5.78 Å². The van der Waals surface area contributed by atoms with Crippen molar-refractivity contribution in [1.82, 2.24) is 0 Å². The van der Waals surface area contributed by atoms with Crippen LogP contribution in [0, 0.1) is 12.7 Å². The van der Waals surface area contributed by atoms with E-state index in [1.807, 2.05) is 0 Å². The minimum Gasteiger partial charge on any atom is -0.378 e. The van der Waals surface area contributed by atoms with Gasteiger partial charge in [0, 0.05) is 13.0 Å². The second kappa shape index (κ2) is 5.41. The van der Waals surface area contributed by atoms with E-state index in [2.05, 4.69) is 0 Å². The number of ether oxygens (including phenoxy) is 1. The molecular formula is C14H17FO2. The summed E-state index contributed by atoms with van der Waals surface area (Å²) in [5, 5.41) is 0. The van der Waals surface area contributed by atoms with Crippen molar-refractivity contribution < 1.29 is 13.9 Å². The largest absolute Gasteiger partial charge is 0.378 e. The number of benzene rings is 1.